The molecule has 0 unspecified atom stereocenters. The van der Waals surface area contributed by atoms with Crippen LogP contribution in [0.3, 0.4) is 0 Å². The van der Waals surface area contributed by atoms with Crippen molar-refractivity contribution in [3.63, 3.8) is 0 Å². The van der Waals surface area contributed by atoms with Gasteiger partial charge in [0.1, 0.15) is 5.82 Å². The molecule has 0 bridgehead atoms. The first-order valence-electron chi connectivity index (χ1n) is 9.90. The summed E-state index contributed by atoms with van der Waals surface area (Å²) >= 11 is 0. The molecule has 0 amide bonds. The van der Waals surface area contributed by atoms with Crippen LogP contribution in [0.5, 0.6) is 0 Å². The molecule has 3 aromatic carbocycles. The van der Waals surface area contributed by atoms with Gasteiger partial charge in [-0.15, -0.1) is 0 Å². The van der Waals surface area contributed by atoms with Crippen LogP contribution in [0, 0.1) is 23.5 Å². The second kappa shape index (κ2) is 8.84. The summed E-state index contributed by atoms with van der Waals surface area (Å²) < 4.78 is 26.8. The van der Waals surface area contributed by atoms with Gasteiger partial charge in [0.15, 0.2) is 11.6 Å². The van der Waals surface area contributed by atoms with Crippen molar-refractivity contribution in [1.29, 1.82) is 0 Å². The first-order valence-corrected chi connectivity index (χ1v) is 9.90. The molecular formula is C26H20F2N2. The van der Waals surface area contributed by atoms with Crippen molar-refractivity contribution in [3.8, 4) is 11.8 Å². The second-order valence-electron chi connectivity index (χ2n) is 7.14. The van der Waals surface area contributed by atoms with Gasteiger partial charge >= 0.3 is 0 Å². The number of hydrogen-bond donors (Lipinski definition) is 0. The van der Waals surface area contributed by atoms with Crippen LogP contribution in [0.1, 0.15) is 35.0 Å². The van der Waals surface area contributed by atoms with E-state index in [9.17, 15) is 8.78 Å². The maximum absolute atomic E-state index is 13.5. The largest absolute Gasteiger partial charge is 0.241 e. The quantitative estimate of drug-likeness (QED) is 0.415. The Labute approximate surface area is 174 Å². The lowest BCUT2D eigenvalue weighted by Crippen LogP contribution is -1.99. The summed E-state index contributed by atoms with van der Waals surface area (Å²) in [5.41, 5.74) is 4.00. The third-order valence-electron chi connectivity index (χ3n) is 4.99. The van der Waals surface area contributed by atoms with Crippen LogP contribution >= 0.6 is 0 Å². The molecule has 0 aliphatic heterocycles. The maximum atomic E-state index is 13.5. The van der Waals surface area contributed by atoms with Gasteiger partial charge in [0, 0.05) is 29.9 Å². The molecule has 4 rings (SSSR count). The number of fused-ring (bicyclic) bond motifs is 1. The molecule has 0 aliphatic carbocycles. The van der Waals surface area contributed by atoms with Crippen molar-refractivity contribution >= 4 is 10.8 Å². The summed E-state index contributed by atoms with van der Waals surface area (Å²) in [4.78, 5) is 8.80. The molecule has 0 radical (unpaired) electrons. The molecule has 0 aliphatic rings. The average molecular weight is 398 g/mol. The number of rotatable bonds is 4. The fourth-order valence-electron chi connectivity index (χ4n) is 3.17. The van der Waals surface area contributed by atoms with Gasteiger partial charge in [-0.25, -0.2) is 18.7 Å². The third-order valence-corrected chi connectivity index (χ3v) is 4.99. The Kier molecular flexibility index (Phi) is 5.81. The van der Waals surface area contributed by atoms with E-state index in [4.69, 9.17) is 0 Å². The van der Waals surface area contributed by atoms with E-state index >= 15 is 0 Å². The molecule has 2 nitrogen and oxygen atoms in total. The molecule has 0 atom stereocenters. The van der Waals surface area contributed by atoms with Gasteiger partial charge in [0.25, 0.3) is 0 Å². The highest BCUT2D eigenvalue weighted by atomic mass is 19.2. The first kappa shape index (κ1) is 19.7. The summed E-state index contributed by atoms with van der Waals surface area (Å²) in [5.74, 6) is 5.37. The molecule has 4 aromatic rings. The normalized spacial score (nSPS) is 10.6. The van der Waals surface area contributed by atoms with Gasteiger partial charge < -0.3 is 0 Å². The van der Waals surface area contributed by atoms with E-state index < -0.39 is 11.6 Å². The Balaban J connectivity index is 1.43. The average Bonchev–Trinajstić information content (AvgIpc) is 2.78. The minimum atomic E-state index is -0.852. The predicted molar refractivity (Wildman–Crippen MR) is 115 cm³/mol. The van der Waals surface area contributed by atoms with E-state index in [1.54, 1.807) is 12.1 Å². The Morgan fingerprint density at radius 2 is 1.33 bits per heavy atom. The molecule has 0 spiro atoms. The SMILES string of the molecule is CCc1cnc(CCc2ccc(C#Cc3ccc4cc(F)c(F)cc4c3)cc2)nc1. The van der Waals surface area contributed by atoms with E-state index in [0.29, 0.717) is 10.8 Å². The first-order chi connectivity index (χ1) is 14.6. The highest BCUT2D eigenvalue weighted by Crippen LogP contribution is 2.19. The van der Waals surface area contributed by atoms with Crippen LogP contribution in [-0.2, 0) is 19.3 Å². The predicted octanol–water partition coefficient (Wildman–Crippen LogP) is 5.66. The lowest BCUT2D eigenvalue weighted by Gasteiger charge is -2.02. The lowest BCUT2D eigenvalue weighted by molar-refractivity contribution is 0.511. The third kappa shape index (κ3) is 4.69. The van der Waals surface area contributed by atoms with Crippen molar-refractivity contribution in [2.75, 3.05) is 0 Å². The van der Waals surface area contributed by atoms with Gasteiger partial charge in [-0.05, 0) is 71.1 Å². The summed E-state index contributed by atoms with van der Waals surface area (Å²) in [7, 11) is 0. The number of hydrogen-bond acceptors (Lipinski definition) is 2. The van der Waals surface area contributed by atoms with Crippen LogP contribution in [0.4, 0.5) is 8.78 Å². The van der Waals surface area contributed by atoms with Gasteiger partial charge in [0.05, 0.1) is 0 Å². The van der Waals surface area contributed by atoms with E-state index in [1.807, 2.05) is 30.6 Å². The standard InChI is InChI=1S/C26H20F2N2/c1-2-18-16-29-26(30-17-18)12-10-20-5-3-19(4-6-20)7-8-21-9-11-22-14-24(27)25(28)15-23(22)13-21/h3-6,9,11,13-17H,2,10,12H2,1H3. The Morgan fingerprint density at radius 1 is 0.700 bits per heavy atom. The summed E-state index contributed by atoms with van der Waals surface area (Å²) in [6.45, 7) is 2.09. The minimum Gasteiger partial charge on any atom is -0.241 e. The van der Waals surface area contributed by atoms with Crippen molar-refractivity contribution in [1.82, 2.24) is 9.97 Å². The second-order valence-corrected chi connectivity index (χ2v) is 7.14. The summed E-state index contributed by atoms with van der Waals surface area (Å²) in [6, 6.07) is 15.8. The Morgan fingerprint density at radius 3 is 2.03 bits per heavy atom. The highest BCUT2D eigenvalue weighted by Gasteiger charge is 2.04. The van der Waals surface area contributed by atoms with E-state index in [2.05, 4.69) is 40.9 Å². The monoisotopic (exact) mass is 398 g/mol. The number of nitrogens with zero attached hydrogens (tertiary/aromatic N) is 2. The molecule has 30 heavy (non-hydrogen) atoms. The van der Waals surface area contributed by atoms with Gasteiger partial charge in [-0.3, -0.25) is 0 Å². The fourth-order valence-corrected chi connectivity index (χ4v) is 3.17. The molecule has 0 N–H and O–H groups in total. The molecule has 0 fully saturated rings. The Bertz CT molecular complexity index is 1230. The zero-order valence-corrected chi connectivity index (χ0v) is 16.6. The highest BCUT2D eigenvalue weighted by molar-refractivity contribution is 5.84. The van der Waals surface area contributed by atoms with Gasteiger partial charge in [0.2, 0.25) is 0 Å². The van der Waals surface area contributed by atoms with Crippen LogP contribution in [0.2, 0.25) is 0 Å². The number of aryl methyl sites for hydroxylation is 3. The zero-order valence-electron chi connectivity index (χ0n) is 16.6. The van der Waals surface area contributed by atoms with Crippen molar-refractivity contribution < 1.29 is 8.78 Å². The van der Waals surface area contributed by atoms with Crippen LogP contribution in [0.15, 0.2) is 67.0 Å². The molecule has 1 heterocycles. The van der Waals surface area contributed by atoms with E-state index in [0.717, 1.165) is 41.8 Å². The topological polar surface area (TPSA) is 25.8 Å². The lowest BCUT2D eigenvalue weighted by atomic mass is 10.1. The van der Waals surface area contributed by atoms with Crippen molar-refractivity contribution in [2.45, 2.75) is 26.2 Å². The van der Waals surface area contributed by atoms with Crippen LogP contribution in [0.25, 0.3) is 10.8 Å². The van der Waals surface area contributed by atoms with E-state index in [-0.39, 0.29) is 0 Å². The molecule has 0 saturated carbocycles. The zero-order chi connectivity index (χ0) is 20.9. The number of benzene rings is 3. The van der Waals surface area contributed by atoms with Crippen molar-refractivity contribution in [3.05, 3.63) is 107 Å². The molecular weight excluding hydrogens is 378 g/mol. The molecule has 4 heteroatoms. The number of aromatic nitrogens is 2. The molecule has 0 saturated heterocycles. The molecule has 1 aromatic heterocycles. The summed E-state index contributed by atoms with van der Waals surface area (Å²) in [6.07, 6.45) is 6.38. The number of halogens is 2. The van der Waals surface area contributed by atoms with E-state index in [1.165, 1.54) is 17.7 Å². The molecule has 148 valence electrons. The van der Waals surface area contributed by atoms with Crippen LogP contribution in [-0.4, -0.2) is 9.97 Å². The minimum absolute atomic E-state index is 0.630. The van der Waals surface area contributed by atoms with Gasteiger partial charge in [-0.1, -0.05) is 37.0 Å². The van der Waals surface area contributed by atoms with Crippen molar-refractivity contribution in [2.24, 2.45) is 0 Å². The Hall–Kier alpha value is -3.58. The smallest absolute Gasteiger partial charge is 0.159 e. The van der Waals surface area contributed by atoms with Gasteiger partial charge in [-0.2, -0.15) is 0 Å². The summed E-state index contributed by atoms with van der Waals surface area (Å²) in [5, 5.41) is 1.28. The maximum Gasteiger partial charge on any atom is 0.159 e. The fraction of sp³-hybridized carbons (Fsp3) is 0.154. The van der Waals surface area contributed by atoms with Crippen LogP contribution < -0.4 is 0 Å².